The average molecular weight is 296 g/mol. The third-order valence-electron chi connectivity index (χ3n) is 1.56. The Morgan fingerprint density at radius 3 is 1.94 bits per heavy atom. The number of carbonyl (C=O) groups excluding carboxylic acids is 3. The fraction of sp³-hybridized carbons (Fsp3) is 0.625. The molecule has 0 bridgehead atoms. The van der Waals surface area contributed by atoms with Gasteiger partial charge in [-0.1, -0.05) is 0 Å². The van der Waals surface area contributed by atoms with E-state index < -0.39 is 36.4 Å². The molecule has 0 heterocycles. The molecule has 0 saturated carbocycles. The van der Waals surface area contributed by atoms with Gasteiger partial charge in [-0.05, 0) is 6.92 Å². The summed E-state index contributed by atoms with van der Waals surface area (Å²) >= 11 is 0. The van der Waals surface area contributed by atoms with Crippen LogP contribution in [0.2, 0.25) is 0 Å². The van der Waals surface area contributed by atoms with Crippen LogP contribution in [-0.2, 0) is 19.1 Å². The third-order valence-corrected chi connectivity index (χ3v) is 1.56. The smallest absolute Gasteiger partial charge is 0.550 e. The Bertz CT molecular complexity index is 281. The molecule has 0 aromatic rings. The minimum atomic E-state index is -2.79. The molecule has 0 aliphatic heterocycles. The first kappa shape index (κ1) is 23.7. The van der Waals surface area contributed by atoms with Crippen molar-refractivity contribution in [2.45, 2.75) is 25.4 Å². The van der Waals surface area contributed by atoms with Crippen LogP contribution in [0.4, 0.5) is 0 Å². The average Bonchev–Trinajstić information content (AvgIpc) is 2.01. The first-order valence-electron chi connectivity index (χ1n) is 4.11. The van der Waals surface area contributed by atoms with Gasteiger partial charge in [0, 0.05) is 12.4 Å². The van der Waals surface area contributed by atoms with Gasteiger partial charge in [0.25, 0.3) is 0 Å². The van der Waals surface area contributed by atoms with E-state index in [0.717, 1.165) is 0 Å². The maximum absolute atomic E-state index is 10.9. The van der Waals surface area contributed by atoms with Crippen LogP contribution < -0.4 is 113 Å². The van der Waals surface area contributed by atoms with Crippen LogP contribution in [0.15, 0.2) is 0 Å². The number of hydrogen-bond acceptors (Lipinski definition) is 7. The molecule has 0 radical (unpaired) electrons. The minimum Gasteiger partial charge on any atom is -0.550 e. The van der Waals surface area contributed by atoms with Gasteiger partial charge in [-0.3, -0.25) is 4.79 Å². The van der Waals surface area contributed by atoms with E-state index in [1.807, 2.05) is 0 Å². The molecule has 1 N–H and O–H groups in total. The maximum Gasteiger partial charge on any atom is 1.00 e. The topological polar surface area (TPSA) is 127 Å². The quantitative estimate of drug-likeness (QED) is 0.381. The van der Waals surface area contributed by atoms with E-state index in [1.54, 1.807) is 0 Å². The summed E-state index contributed by atoms with van der Waals surface area (Å²) in [6.45, 7) is 1.47. The molecule has 0 saturated heterocycles. The molecule has 17 heavy (non-hydrogen) atoms. The van der Waals surface area contributed by atoms with Crippen molar-refractivity contribution in [3.63, 3.8) is 0 Å². The van der Waals surface area contributed by atoms with E-state index >= 15 is 0 Å². The normalized spacial score (nSPS) is 12.4. The monoisotopic (exact) mass is 296 g/mol. The molecule has 0 aliphatic carbocycles. The van der Waals surface area contributed by atoms with Gasteiger partial charge in [0.15, 0.2) is 0 Å². The van der Waals surface area contributed by atoms with Crippen LogP contribution in [0, 0.1) is 0 Å². The summed E-state index contributed by atoms with van der Waals surface area (Å²) in [5, 5.41) is 29.9. The molecular formula is C8H10K2O7. The molecule has 7 nitrogen and oxygen atoms in total. The second-order valence-electron chi connectivity index (χ2n) is 2.85. The second-order valence-corrected chi connectivity index (χ2v) is 2.85. The van der Waals surface area contributed by atoms with Gasteiger partial charge in [-0.15, -0.1) is 0 Å². The van der Waals surface area contributed by atoms with Crippen molar-refractivity contribution < 1.29 is 137 Å². The molecule has 0 spiro atoms. The van der Waals surface area contributed by atoms with Crippen LogP contribution >= 0.6 is 0 Å². The van der Waals surface area contributed by atoms with Gasteiger partial charge in [-0.25, -0.2) is 0 Å². The number of carboxylic acid groups (broad SMARTS) is 2. The number of aliphatic carboxylic acids is 2. The van der Waals surface area contributed by atoms with Crippen molar-refractivity contribution in [2.75, 3.05) is 6.61 Å². The zero-order valence-corrected chi connectivity index (χ0v) is 16.3. The van der Waals surface area contributed by atoms with E-state index in [0.29, 0.717) is 0 Å². The fourth-order valence-electron chi connectivity index (χ4n) is 0.896. The summed E-state index contributed by atoms with van der Waals surface area (Å²) in [5.41, 5.74) is -2.79. The van der Waals surface area contributed by atoms with E-state index in [2.05, 4.69) is 4.74 Å². The first-order chi connectivity index (χ1) is 6.81. The van der Waals surface area contributed by atoms with Crippen molar-refractivity contribution in [3.8, 4) is 0 Å². The van der Waals surface area contributed by atoms with E-state index in [4.69, 9.17) is 0 Å². The van der Waals surface area contributed by atoms with Crippen LogP contribution in [0.25, 0.3) is 0 Å². The number of ether oxygens (including phenoxy) is 1. The van der Waals surface area contributed by atoms with E-state index in [9.17, 15) is 29.7 Å². The van der Waals surface area contributed by atoms with Gasteiger partial charge in [-0.2, -0.15) is 0 Å². The predicted molar refractivity (Wildman–Crippen MR) is 40.8 cm³/mol. The SMILES string of the molecule is CCOC(=O)CC(O)(CC(=O)[O-])C(=O)[O-].[K+].[K+]. The van der Waals surface area contributed by atoms with Crippen molar-refractivity contribution >= 4 is 17.9 Å². The molecule has 1 atom stereocenters. The minimum absolute atomic E-state index is 0. The van der Waals surface area contributed by atoms with Gasteiger partial charge in [0.1, 0.15) is 5.60 Å². The Kier molecular flexibility index (Phi) is 16.0. The Hall–Kier alpha value is 1.64. The van der Waals surface area contributed by atoms with E-state index in [1.165, 1.54) is 6.92 Å². The summed E-state index contributed by atoms with van der Waals surface area (Å²) in [4.78, 5) is 31.4. The van der Waals surface area contributed by atoms with Crippen LogP contribution in [0.3, 0.4) is 0 Å². The standard InChI is InChI=1S/C8H12O7.2K/c1-2-15-6(11)4-8(14,7(12)13)3-5(9)10;;/h14H,2-4H2,1H3,(H,9,10)(H,12,13);;/q;2*+1/p-2. The van der Waals surface area contributed by atoms with Crippen molar-refractivity contribution in [1.29, 1.82) is 0 Å². The second kappa shape index (κ2) is 11.5. The summed E-state index contributed by atoms with van der Waals surface area (Å²) in [6.07, 6.45) is -2.22. The molecule has 0 aliphatic rings. The zero-order chi connectivity index (χ0) is 12.1. The van der Waals surface area contributed by atoms with Crippen LogP contribution in [0.5, 0.6) is 0 Å². The Morgan fingerprint density at radius 2 is 1.65 bits per heavy atom. The molecule has 9 heteroatoms. The Labute approximate surface area is 183 Å². The summed E-state index contributed by atoms with van der Waals surface area (Å²) < 4.78 is 4.37. The van der Waals surface area contributed by atoms with Gasteiger partial charge in [0.05, 0.1) is 19.0 Å². The summed E-state index contributed by atoms with van der Waals surface area (Å²) in [5.74, 6) is -4.88. The fourth-order valence-corrected chi connectivity index (χ4v) is 0.896. The number of esters is 1. The maximum atomic E-state index is 10.9. The van der Waals surface area contributed by atoms with Gasteiger partial charge < -0.3 is 29.6 Å². The molecule has 1 unspecified atom stereocenters. The van der Waals surface area contributed by atoms with Crippen molar-refractivity contribution in [2.24, 2.45) is 0 Å². The first-order valence-corrected chi connectivity index (χ1v) is 4.11. The molecule has 0 aromatic heterocycles. The zero-order valence-electron chi connectivity index (χ0n) is 10.0. The number of aliphatic hydroxyl groups is 1. The number of carbonyl (C=O) groups is 3. The molecule has 86 valence electrons. The number of hydrogen-bond donors (Lipinski definition) is 1. The summed E-state index contributed by atoms with van der Waals surface area (Å²) in [7, 11) is 0. The Morgan fingerprint density at radius 1 is 1.18 bits per heavy atom. The molecule has 0 amide bonds. The van der Waals surface area contributed by atoms with Crippen LogP contribution in [0.1, 0.15) is 19.8 Å². The molecule has 0 aromatic carbocycles. The Balaban J connectivity index is -0.000000980. The van der Waals surface area contributed by atoms with Crippen LogP contribution in [-0.4, -0.2) is 35.2 Å². The van der Waals surface area contributed by atoms with Gasteiger partial charge >= 0.3 is 109 Å². The number of carboxylic acids is 2. The molecule has 0 rings (SSSR count). The molecular weight excluding hydrogens is 286 g/mol. The summed E-state index contributed by atoms with van der Waals surface area (Å²) in [6, 6.07) is 0. The third kappa shape index (κ3) is 10.1. The van der Waals surface area contributed by atoms with Gasteiger partial charge in [0.2, 0.25) is 0 Å². The number of rotatable bonds is 6. The van der Waals surface area contributed by atoms with Crippen molar-refractivity contribution in [3.05, 3.63) is 0 Å². The largest absolute Gasteiger partial charge is 1.00 e. The predicted octanol–water partition coefficient (Wildman–Crippen LogP) is -9.43. The van der Waals surface area contributed by atoms with Crippen molar-refractivity contribution in [1.82, 2.24) is 0 Å². The molecule has 0 fully saturated rings. The van der Waals surface area contributed by atoms with E-state index in [-0.39, 0.29) is 109 Å².